The number of benzene rings is 3. The van der Waals surface area contributed by atoms with Gasteiger partial charge in [0.05, 0.1) is 12.0 Å². The molecule has 3 aromatic rings. The molecule has 35 heavy (non-hydrogen) atoms. The molecule has 1 atom stereocenters. The molecule has 0 saturated heterocycles. The third kappa shape index (κ3) is 7.70. The SMILES string of the molecule is C[C@H](CC(=O)OCC(=O)Nc1cccc(C(=O)Nc2cccc(C(F)(F)F)c2)c1)c1ccccc1. The fourth-order valence-corrected chi connectivity index (χ4v) is 3.27. The lowest BCUT2D eigenvalue weighted by Gasteiger charge is -2.12. The molecule has 0 radical (unpaired) electrons. The van der Waals surface area contributed by atoms with Crippen molar-refractivity contribution in [1.29, 1.82) is 0 Å². The largest absolute Gasteiger partial charge is 0.456 e. The van der Waals surface area contributed by atoms with Gasteiger partial charge in [-0.3, -0.25) is 14.4 Å². The molecule has 0 aromatic heterocycles. The second kappa shape index (κ2) is 11.3. The van der Waals surface area contributed by atoms with Gasteiger partial charge in [-0.1, -0.05) is 49.4 Å². The standard InChI is InChI=1S/C26H23F3N2O4/c1-17(18-7-3-2-4-8-18)13-24(33)35-16-23(32)30-21-11-5-9-19(14-21)25(34)31-22-12-6-10-20(15-22)26(27,28)29/h2-12,14-15,17H,13,16H2,1H3,(H,30,32)(H,31,34)/t17-/m1/s1. The maximum atomic E-state index is 12.9. The molecule has 0 aliphatic heterocycles. The summed E-state index contributed by atoms with van der Waals surface area (Å²) in [6.07, 6.45) is -4.42. The maximum Gasteiger partial charge on any atom is 0.416 e. The van der Waals surface area contributed by atoms with Gasteiger partial charge in [0, 0.05) is 16.9 Å². The highest BCUT2D eigenvalue weighted by Crippen LogP contribution is 2.30. The van der Waals surface area contributed by atoms with Gasteiger partial charge in [-0.05, 0) is 47.9 Å². The quantitative estimate of drug-likeness (QED) is 0.406. The zero-order valence-electron chi connectivity index (χ0n) is 18.8. The summed E-state index contributed by atoms with van der Waals surface area (Å²) in [6.45, 7) is 1.38. The number of hydrogen-bond donors (Lipinski definition) is 2. The molecular weight excluding hydrogens is 461 g/mol. The van der Waals surface area contributed by atoms with Crippen LogP contribution in [-0.4, -0.2) is 24.4 Å². The average molecular weight is 484 g/mol. The highest BCUT2D eigenvalue weighted by molar-refractivity contribution is 6.05. The zero-order chi connectivity index (χ0) is 25.4. The highest BCUT2D eigenvalue weighted by Gasteiger charge is 2.30. The summed E-state index contributed by atoms with van der Waals surface area (Å²) in [7, 11) is 0. The topological polar surface area (TPSA) is 84.5 Å². The predicted molar refractivity (Wildman–Crippen MR) is 125 cm³/mol. The maximum absolute atomic E-state index is 12.9. The fraction of sp³-hybridized carbons (Fsp3) is 0.192. The molecule has 2 N–H and O–H groups in total. The zero-order valence-corrected chi connectivity index (χ0v) is 18.8. The van der Waals surface area contributed by atoms with E-state index in [-0.39, 0.29) is 29.3 Å². The van der Waals surface area contributed by atoms with E-state index in [4.69, 9.17) is 4.74 Å². The Labute approximate surface area is 200 Å². The number of carbonyl (C=O) groups excluding carboxylic acids is 3. The number of alkyl halides is 3. The molecule has 3 rings (SSSR count). The van der Waals surface area contributed by atoms with E-state index in [9.17, 15) is 27.6 Å². The summed E-state index contributed by atoms with van der Waals surface area (Å²) in [6, 6.07) is 19.5. The van der Waals surface area contributed by atoms with Gasteiger partial charge in [-0.15, -0.1) is 0 Å². The molecule has 182 valence electrons. The molecule has 0 aliphatic carbocycles. The van der Waals surface area contributed by atoms with E-state index in [0.717, 1.165) is 17.7 Å². The van der Waals surface area contributed by atoms with E-state index >= 15 is 0 Å². The molecule has 0 bridgehead atoms. The minimum atomic E-state index is -4.53. The molecule has 0 aliphatic rings. The first-order chi connectivity index (χ1) is 16.6. The van der Waals surface area contributed by atoms with Crippen LogP contribution >= 0.6 is 0 Å². The van der Waals surface area contributed by atoms with Crippen LogP contribution in [0.5, 0.6) is 0 Å². The molecule has 0 spiro atoms. The lowest BCUT2D eigenvalue weighted by Crippen LogP contribution is -2.21. The summed E-state index contributed by atoms with van der Waals surface area (Å²) in [5.74, 6) is -1.84. The second-order valence-corrected chi connectivity index (χ2v) is 7.84. The van der Waals surface area contributed by atoms with Crippen LogP contribution in [0.25, 0.3) is 0 Å². The molecule has 9 heteroatoms. The Balaban J connectivity index is 1.52. The van der Waals surface area contributed by atoms with Crippen LogP contribution in [0.4, 0.5) is 24.5 Å². The third-order valence-corrected chi connectivity index (χ3v) is 5.06. The van der Waals surface area contributed by atoms with Crippen molar-refractivity contribution in [3.63, 3.8) is 0 Å². The number of anilines is 2. The lowest BCUT2D eigenvalue weighted by atomic mass is 9.98. The Hall–Kier alpha value is -4.14. The fourth-order valence-electron chi connectivity index (χ4n) is 3.27. The number of amides is 2. The molecular formula is C26H23F3N2O4. The molecule has 2 amide bonds. The van der Waals surface area contributed by atoms with Crippen molar-refractivity contribution in [2.24, 2.45) is 0 Å². The van der Waals surface area contributed by atoms with Crippen LogP contribution in [0.3, 0.4) is 0 Å². The van der Waals surface area contributed by atoms with E-state index in [2.05, 4.69) is 10.6 Å². The average Bonchev–Trinajstić information content (AvgIpc) is 2.83. The minimum Gasteiger partial charge on any atom is -0.456 e. The van der Waals surface area contributed by atoms with Crippen LogP contribution in [0.2, 0.25) is 0 Å². The van der Waals surface area contributed by atoms with E-state index in [1.807, 2.05) is 37.3 Å². The van der Waals surface area contributed by atoms with Crippen molar-refractivity contribution in [3.05, 3.63) is 95.6 Å². The number of esters is 1. The number of ether oxygens (including phenoxy) is 1. The van der Waals surface area contributed by atoms with Gasteiger partial charge in [-0.25, -0.2) is 0 Å². The molecule has 0 heterocycles. The van der Waals surface area contributed by atoms with Crippen LogP contribution in [0.15, 0.2) is 78.9 Å². The summed E-state index contributed by atoms with van der Waals surface area (Å²) < 4.78 is 43.7. The Bertz CT molecular complexity index is 1200. The summed E-state index contributed by atoms with van der Waals surface area (Å²) in [4.78, 5) is 36.7. The lowest BCUT2D eigenvalue weighted by molar-refractivity contribution is -0.147. The first-order valence-corrected chi connectivity index (χ1v) is 10.7. The Morgan fingerprint density at radius 1 is 0.857 bits per heavy atom. The Morgan fingerprint density at radius 3 is 2.20 bits per heavy atom. The van der Waals surface area contributed by atoms with Crippen LogP contribution < -0.4 is 10.6 Å². The van der Waals surface area contributed by atoms with Gasteiger partial charge in [0.15, 0.2) is 6.61 Å². The van der Waals surface area contributed by atoms with Gasteiger partial charge in [0.2, 0.25) is 0 Å². The molecule has 0 unspecified atom stereocenters. The van der Waals surface area contributed by atoms with Crippen molar-refractivity contribution >= 4 is 29.2 Å². The van der Waals surface area contributed by atoms with Gasteiger partial charge in [0.25, 0.3) is 11.8 Å². The first-order valence-electron chi connectivity index (χ1n) is 10.7. The number of carbonyl (C=O) groups is 3. The van der Waals surface area contributed by atoms with Gasteiger partial charge >= 0.3 is 12.1 Å². The van der Waals surface area contributed by atoms with Crippen molar-refractivity contribution < 1.29 is 32.3 Å². The van der Waals surface area contributed by atoms with Crippen molar-refractivity contribution in [3.8, 4) is 0 Å². The normalized spacial score (nSPS) is 11.9. The van der Waals surface area contributed by atoms with Crippen molar-refractivity contribution in [2.75, 3.05) is 17.2 Å². The van der Waals surface area contributed by atoms with Crippen LogP contribution in [0.1, 0.15) is 40.7 Å². The van der Waals surface area contributed by atoms with Crippen molar-refractivity contribution in [1.82, 2.24) is 0 Å². The summed E-state index contributed by atoms with van der Waals surface area (Å²) in [5.41, 5.74) is 0.461. The van der Waals surface area contributed by atoms with Gasteiger partial charge in [-0.2, -0.15) is 13.2 Å². The monoisotopic (exact) mass is 484 g/mol. The summed E-state index contributed by atoms with van der Waals surface area (Å²) >= 11 is 0. The number of rotatable bonds is 8. The van der Waals surface area contributed by atoms with E-state index < -0.39 is 36.1 Å². The van der Waals surface area contributed by atoms with E-state index in [1.165, 1.54) is 36.4 Å². The highest BCUT2D eigenvalue weighted by atomic mass is 19.4. The summed E-state index contributed by atoms with van der Waals surface area (Å²) in [5, 5.41) is 4.93. The number of nitrogens with one attached hydrogen (secondary N) is 2. The molecule has 6 nitrogen and oxygen atoms in total. The van der Waals surface area contributed by atoms with Crippen LogP contribution in [-0.2, 0) is 20.5 Å². The molecule has 0 fully saturated rings. The third-order valence-electron chi connectivity index (χ3n) is 5.06. The van der Waals surface area contributed by atoms with E-state index in [1.54, 1.807) is 0 Å². The van der Waals surface area contributed by atoms with Crippen molar-refractivity contribution in [2.45, 2.75) is 25.4 Å². The molecule has 3 aromatic carbocycles. The van der Waals surface area contributed by atoms with E-state index in [0.29, 0.717) is 0 Å². The van der Waals surface area contributed by atoms with Crippen LogP contribution in [0, 0.1) is 0 Å². The Kier molecular flexibility index (Phi) is 8.25. The minimum absolute atomic E-state index is 0.0177. The number of halogens is 3. The first kappa shape index (κ1) is 25.5. The molecule has 0 saturated carbocycles. The Morgan fingerprint density at radius 2 is 1.51 bits per heavy atom. The predicted octanol–water partition coefficient (Wildman–Crippen LogP) is 5.63. The second-order valence-electron chi connectivity index (χ2n) is 7.84. The van der Waals surface area contributed by atoms with Gasteiger partial charge < -0.3 is 15.4 Å². The smallest absolute Gasteiger partial charge is 0.416 e. The van der Waals surface area contributed by atoms with Gasteiger partial charge in [0.1, 0.15) is 0 Å². The number of hydrogen-bond acceptors (Lipinski definition) is 4.